The molecule has 1 atom stereocenters. The normalized spacial score (nSPS) is 23.3. The van der Waals surface area contributed by atoms with Crippen LogP contribution in [0.1, 0.15) is 45.2 Å². The van der Waals surface area contributed by atoms with Crippen LogP contribution in [-0.4, -0.2) is 32.7 Å². The van der Waals surface area contributed by atoms with Gasteiger partial charge in [-0.05, 0) is 18.8 Å². The van der Waals surface area contributed by atoms with Crippen LogP contribution >= 0.6 is 0 Å². The van der Waals surface area contributed by atoms with E-state index in [9.17, 15) is 14.7 Å². The Hall–Kier alpha value is -1.69. The van der Waals surface area contributed by atoms with Gasteiger partial charge in [0.2, 0.25) is 5.78 Å². The van der Waals surface area contributed by atoms with Crippen molar-refractivity contribution < 1.29 is 14.7 Å². The largest absolute Gasteiger partial charge is 0.393 e. The fourth-order valence-electron chi connectivity index (χ4n) is 2.52. The highest BCUT2D eigenvalue weighted by atomic mass is 16.3. The molecule has 1 aromatic rings. The molecule has 0 aliphatic heterocycles. The van der Waals surface area contributed by atoms with E-state index in [0.717, 1.165) is 5.56 Å². The third kappa shape index (κ3) is 3.50. The Labute approximate surface area is 124 Å². The van der Waals surface area contributed by atoms with Gasteiger partial charge in [0.25, 0.3) is 5.91 Å². The summed E-state index contributed by atoms with van der Waals surface area (Å²) in [6, 6.07) is -0.277. The number of aliphatic hydroxyl groups is 1. The van der Waals surface area contributed by atoms with Gasteiger partial charge in [0.1, 0.15) is 0 Å². The number of aliphatic hydroxyl groups excluding tert-OH is 1. The van der Waals surface area contributed by atoms with Crippen molar-refractivity contribution in [2.45, 2.75) is 45.8 Å². The van der Waals surface area contributed by atoms with E-state index >= 15 is 0 Å². The summed E-state index contributed by atoms with van der Waals surface area (Å²) in [5.74, 6) is -0.866. The molecule has 0 aromatic carbocycles. The van der Waals surface area contributed by atoms with Crippen molar-refractivity contribution in [1.29, 1.82) is 0 Å². The van der Waals surface area contributed by atoms with Gasteiger partial charge in [-0.3, -0.25) is 14.3 Å². The maximum atomic E-state index is 12.2. The van der Waals surface area contributed by atoms with Crippen LogP contribution in [0.5, 0.6) is 0 Å². The minimum atomic E-state index is -0.706. The van der Waals surface area contributed by atoms with Crippen LogP contribution in [0.25, 0.3) is 0 Å². The number of rotatable bonds is 4. The molecule has 1 saturated carbocycles. The molecule has 1 amide bonds. The minimum Gasteiger partial charge on any atom is -0.393 e. The molecule has 0 spiro atoms. The Balaban J connectivity index is 2.13. The van der Waals surface area contributed by atoms with Crippen molar-refractivity contribution in [3.05, 3.63) is 18.0 Å². The lowest BCUT2D eigenvalue weighted by Crippen LogP contribution is -2.45. The highest BCUT2D eigenvalue weighted by molar-refractivity contribution is 6.37. The topological polar surface area (TPSA) is 84.2 Å². The summed E-state index contributed by atoms with van der Waals surface area (Å²) in [6.45, 7) is 5.17. The molecule has 0 saturated heterocycles. The van der Waals surface area contributed by atoms with Crippen molar-refractivity contribution in [1.82, 2.24) is 15.1 Å². The van der Waals surface area contributed by atoms with Crippen LogP contribution in [0, 0.1) is 11.3 Å². The SMILES string of the molecule is Cn1cc([C@H](NC(=O)C(=O)C(C)(C)C)C2CC(O)C2)cn1. The van der Waals surface area contributed by atoms with Crippen LogP contribution in [0.4, 0.5) is 0 Å². The molecular formula is C15H23N3O3. The molecule has 1 aromatic heterocycles. The summed E-state index contributed by atoms with van der Waals surface area (Å²) in [7, 11) is 1.80. The zero-order chi connectivity index (χ0) is 15.8. The molecule has 6 nitrogen and oxygen atoms in total. The minimum absolute atomic E-state index is 0.140. The maximum absolute atomic E-state index is 12.2. The number of hydrogen-bond donors (Lipinski definition) is 2. The van der Waals surface area contributed by atoms with Gasteiger partial charge in [-0.25, -0.2) is 0 Å². The lowest BCUT2D eigenvalue weighted by atomic mass is 9.75. The second-order valence-electron chi connectivity index (χ2n) is 6.86. The van der Waals surface area contributed by atoms with Crippen LogP contribution in [0.2, 0.25) is 0 Å². The molecule has 1 fully saturated rings. The van der Waals surface area contributed by atoms with Gasteiger partial charge in [-0.1, -0.05) is 20.8 Å². The van der Waals surface area contributed by atoms with Crippen LogP contribution in [0.15, 0.2) is 12.4 Å². The molecule has 6 heteroatoms. The summed E-state index contributed by atoms with van der Waals surface area (Å²) in [4.78, 5) is 24.2. The Kier molecular flexibility index (Phi) is 4.18. The monoisotopic (exact) mass is 293 g/mol. The Morgan fingerprint density at radius 3 is 2.48 bits per heavy atom. The average molecular weight is 293 g/mol. The second-order valence-corrected chi connectivity index (χ2v) is 6.86. The third-order valence-electron chi connectivity index (χ3n) is 3.88. The highest BCUT2D eigenvalue weighted by Gasteiger charge is 2.38. The van der Waals surface area contributed by atoms with Crippen LogP contribution in [-0.2, 0) is 16.6 Å². The summed E-state index contributed by atoms with van der Waals surface area (Å²) in [6.07, 6.45) is 4.46. The lowest BCUT2D eigenvalue weighted by molar-refractivity contribution is -0.143. The van der Waals surface area contributed by atoms with Crippen molar-refractivity contribution in [3.63, 3.8) is 0 Å². The number of hydrogen-bond acceptors (Lipinski definition) is 4. The molecule has 1 aliphatic carbocycles. The number of aryl methyl sites for hydroxylation is 1. The Morgan fingerprint density at radius 1 is 1.43 bits per heavy atom. The number of carbonyl (C=O) groups is 2. The summed E-state index contributed by atoms with van der Waals surface area (Å²) < 4.78 is 1.66. The second kappa shape index (κ2) is 5.60. The maximum Gasteiger partial charge on any atom is 0.288 e. The Morgan fingerprint density at radius 2 is 2.05 bits per heavy atom. The molecule has 1 heterocycles. The van der Waals surface area contributed by atoms with Crippen molar-refractivity contribution in [3.8, 4) is 0 Å². The molecule has 1 aliphatic rings. The summed E-state index contributed by atoms with van der Waals surface area (Å²) in [5, 5.41) is 16.4. The first kappa shape index (κ1) is 15.7. The van der Waals surface area contributed by atoms with Gasteiger partial charge in [0.15, 0.2) is 0 Å². The quantitative estimate of drug-likeness (QED) is 0.810. The fraction of sp³-hybridized carbons (Fsp3) is 0.667. The molecular weight excluding hydrogens is 270 g/mol. The van der Waals surface area contributed by atoms with E-state index in [0.29, 0.717) is 12.8 Å². The van der Waals surface area contributed by atoms with Crippen molar-refractivity contribution >= 4 is 11.7 Å². The first-order chi connectivity index (χ1) is 9.68. The van der Waals surface area contributed by atoms with E-state index in [2.05, 4.69) is 10.4 Å². The van der Waals surface area contributed by atoms with E-state index in [1.54, 1.807) is 38.7 Å². The lowest BCUT2D eigenvalue weighted by Gasteiger charge is -2.37. The van der Waals surface area contributed by atoms with Gasteiger partial charge in [0, 0.05) is 24.2 Å². The van der Waals surface area contributed by atoms with Gasteiger partial charge >= 0.3 is 0 Å². The van der Waals surface area contributed by atoms with Gasteiger partial charge in [-0.2, -0.15) is 5.10 Å². The van der Waals surface area contributed by atoms with Crippen molar-refractivity contribution in [2.75, 3.05) is 0 Å². The van der Waals surface area contributed by atoms with E-state index in [-0.39, 0.29) is 18.1 Å². The summed E-state index contributed by atoms with van der Waals surface area (Å²) >= 11 is 0. The smallest absolute Gasteiger partial charge is 0.288 e. The first-order valence-electron chi connectivity index (χ1n) is 7.20. The van der Waals surface area contributed by atoms with Crippen molar-refractivity contribution in [2.24, 2.45) is 18.4 Å². The molecule has 116 valence electrons. The van der Waals surface area contributed by atoms with E-state index in [1.807, 2.05) is 6.20 Å². The van der Waals surface area contributed by atoms with E-state index in [4.69, 9.17) is 0 Å². The third-order valence-corrected chi connectivity index (χ3v) is 3.88. The van der Waals surface area contributed by atoms with Crippen LogP contribution < -0.4 is 5.32 Å². The molecule has 2 N–H and O–H groups in total. The summed E-state index contributed by atoms with van der Waals surface area (Å²) in [5.41, 5.74) is 0.160. The number of Topliss-reactive ketones (excluding diaryl/α,β-unsaturated/α-hetero) is 1. The number of ketones is 1. The highest BCUT2D eigenvalue weighted by Crippen LogP contribution is 2.38. The fourth-order valence-corrected chi connectivity index (χ4v) is 2.52. The molecule has 21 heavy (non-hydrogen) atoms. The predicted molar refractivity (Wildman–Crippen MR) is 77.3 cm³/mol. The first-order valence-corrected chi connectivity index (χ1v) is 7.20. The molecule has 2 rings (SSSR count). The van der Waals surface area contributed by atoms with Gasteiger partial charge < -0.3 is 10.4 Å². The van der Waals surface area contributed by atoms with Gasteiger partial charge in [-0.15, -0.1) is 0 Å². The molecule has 0 bridgehead atoms. The number of nitrogens with zero attached hydrogens (tertiary/aromatic N) is 2. The average Bonchev–Trinajstić information content (AvgIpc) is 2.76. The zero-order valence-corrected chi connectivity index (χ0v) is 13.0. The van der Waals surface area contributed by atoms with E-state index in [1.165, 1.54) is 0 Å². The van der Waals surface area contributed by atoms with Gasteiger partial charge in [0.05, 0.1) is 18.3 Å². The predicted octanol–water partition coefficient (Wildman–Crippen LogP) is 0.963. The molecule has 0 radical (unpaired) electrons. The van der Waals surface area contributed by atoms with Crippen LogP contribution in [0.3, 0.4) is 0 Å². The molecule has 0 unspecified atom stereocenters. The zero-order valence-electron chi connectivity index (χ0n) is 13.0. The standard InChI is InChI=1S/C15H23N3O3/c1-15(2,3)13(20)14(21)17-12(9-5-11(19)6-9)10-7-16-18(4)8-10/h7-9,11-12,19H,5-6H2,1-4H3,(H,17,21)/t9?,11?,12-/m1/s1. The Bertz CT molecular complexity index is 539. The van der Waals surface area contributed by atoms with E-state index < -0.39 is 17.1 Å². The number of amides is 1. The number of nitrogens with one attached hydrogen (secondary N) is 1. The number of aromatic nitrogens is 2. The number of carbonyl (C=O) groups excluding carboxylic acids is 2.